The summed E-state index contributed by atoms with van der Waals surface area (Å²) in [6, 6.07) is 2.38. The molecule has 2 heterocycles. The topological polar surface area (TPSA) is 72.1 Å². The van der Waals surface area contributed by atoms with Crippen molar-refractivity contribution in [2.45, 2.75) is 60.5 Å². The van der Waals surface area contributed by atoms with Gasteiger partial charge in [-0.25, -0.2) is 0 Å². The van der Waals surface area contributed by atoms with Crippen molar-refractivity contribution in [2.24, 2.45) is 18.0 Å². The maximum absolute atomic E-state index is 4.55. The van der Waals surface area contributed by atoms with Crippen LogP contribution in [-0.4, -0.2) is 45.2 Å². The van der Waals surface area contributed by atoms with Crippen molar-refractivity contribution < 1.29 is 0 Å². The van der Waals surface area contributed by atoms with E-state index in [1.54, 1.807) is 0 Å². The van der Waals surface area contributed by atoms with Crippen LogP contribution in [0, 0.1) is 33.6 Å². The van der Waals surface area contributed by atoms with Crippen LogP contribution in [0.25, 0.3) is 0 Å². The van der Waals surface area contributed by atoms with Crippen LogP contribution < -0.4 is 10.6 Å². The second kappa shape index (κ2) is 10.8. The lowest BCUT2D eigenvalue weighted by Gasteiger charge is -2.20. The average molecular weight is 501 g/mol. The zero-order chi connectivity index (χ0) is 20.1. The first-order valence-corrected chi connectivity index (χ1v) is 9.68. The molecular formula is C20H36IN7. The number of nitrogens with one attached hydrogen (secondary N) is 2. The van der Waals surface area contributed by atoms with Gasteiger partial charge in [-0.15, -0.1) is 24.0 Å². The molecule has 0 aliphatic rings. The highest BCUT2D eigenvalue weighted by molar-refractivity contribution is 14.0. The third-order valence-corrected chi connectivity index (χ3v) is 4.98. The number of aliphatic imine (C=N–C) groups is 1. The molecular weight excluding hydrogens is 465 g/mol. The molecule has 2 unspecified atom stereocenters. The molecule has 28 heavy (non-hydrogen) atoms. The van der Waals surface area contributed by atoms with E-state index in [2.05, 4.69) is 71.2 Å². The Bertz CT molecular complexity index is 791. The third-order valence-electron chi connectivity index (χ3n) is 4.98. The van der Waals surface area contributed by atoms with Gasteiger partial charge in [-0.05, 0) is 58.6 Å². The van der Waals surface area contributed by atoms with Gasteiger partial charge in [0.1, 0.15) is 0 Å². The zero-order valence-electron chi connectivity index (χ0n) is 18.5. The molecule has 0 aliphatic carbocycles. The maximum atomic E-state index is 4.55. The Morgan fingerprint density at radius 2 is 1.86 bits per heavy atom. The molecule has 0 aliphatic heterocycles. The van der Waals surface area contributed by atoms with Gasteiger partial charge in [0, 0.05) is 44.6 Å². The van der Waals surface area contributed by atoms with Crippen LogP contribution in [0.5, 0.6) is 0 Å². The molecule has 158 valence electrons. The quantitative estimate of drug-likeness (QED) is 0.348. The normalized spacial score (nSPS) is 13.8. The predicted octanol–water partition coefficient (Wildman–Crippen LogP) is 2.90. The molecule has 0 fully saturated rings. The summed E-state index contributed by atoms with van der Waals surface area (Å²) in [4.78, 5) is 4.37. The van der Waals surface area contributed by atoms with Crippen molar-refractivity contribution in [3.05, 3.63) is 34.4 Å². The summed E-state index contributed by atoms with van der Waals surface area (Å²) >= 11 is 0. The van der Waals surface area contributed by atoms with E-state index in [1.807, 2.05) is 25.7 Å². The van der Waals surface area contributed by atoms with Crippen LogP contribution in [0.1, 0.15) is 42.2 Å². The number of halogens is 1. The molecule has 2 rings (SSSR count). The molecule has 2 aromatic heterocycles. The van der Waals surface area contributed by atoms with Crippen LogP contribution in [0.15, 0.2) is 11.1 Å². The number of aromatic nitrogens is 4. The number of guanidine groups is 1. The van der Waals surface area contributed by atoms with E-state index in [4.69, 9.17) is 0 Å². The fourth-order valence-electron chi connectivity index (χ4n) is 3.39. The van der Waals surface area contributed by atoms with Crippen LogP contribution >= 0.6 is 24.0 Å². The lowest BCUT2D eigenvalue weighted by Crippen LogP contribution is -2.44. The highest BCUT2D eigenvalue weighted by atomic mass is 127. The molecule has 0 spiro atoms. The molecule has 8 heteroatoms. The first-order valence-electron chi connectivity index (χ1n) is 9.68. The second-order valence-electron chi connectivity index (χ2n) is 7.69. The summed E-state index contributed by atoms with van der Waals surface area (Å²) in [6.45, 7) is 14.5. The summed E-state index contributed by atoms with van der Waals surface area (Å²) in [5, 5.41) is 16.0. The molecule has 0 radical (unpaired) electrons. The summed E-state index contributed by atoms with van der Waals surface area (Å²) in [7, 11) is 3.81. The zero-order valence-corrected chi connectivity index (χ0v) is 20.8. The van der Waals surface area contributed by atoms with Gasteiger partial charge in [0.25, 0.3) is 0 Å². The molecule has 0 aromatic carbocycles. The number of hydrogen-bond acceptors (Lipinski definition) is 3. The van der Waals surface area contributed by atoms with Gasteiger partial charge in [0.15, 0.2) is 5.96 Å². The first-order chi connectivity index (χ1) is 12.7. The van der Waals surface area contributed by atoms with E-state index >= 15 is 0 Å². The predicted molar refractivity (Wildman–Crippen MR) is 127 cm³/mol. The molecule has 2 N–H and O–H groups in total. The minimum atomic E-state index is 0. The van der Waals surface area contributed by atoms with Gasteiger partial charge < -0.3 is 10.6 Å². The van der Waals surface area contributed by atoms with Crippen molar-refractivity contribution in [2.75, 3.05) is 13.6 Å². The largest absolute Gasteiger partial charge is 0.356 e. The smallest absolute Gasteiger partial charge is 0.191 e. The fourth-order valence-corrected chi connectivity index (χ4v) is 3.39. The van der Waals surface area contributed by atoms with Crippen LogP contribution in [0.3, 0.4) is 0 Å². The number of rotatable bonds is 7. The number of aryl methyl sites for hydroxylation is 4. The van der Waals surface area contributed by atoms with E-state index in [-0.39, 0.29) is 30.0 Å². The van der Waals surface area contributed by atoms with Crippen molar-refractivity contribution in [1.29, 1.82) is 0 Å². The summed E-state index contributed by atoms with van der Waals surface area (Å²) in [5.74, 6) is 1.28. The third kappa shape index (κ3) is 6.49. The summed E-state index contributed by atoms with van der Waals surface area (Å²) in [6.07, 6.45) is 0.924. The van der Waals surface area contributed by atoms with E-state index in [0.717, 1.165) is 36.9 Å². The molecule has 0 saturated heterocycles. The molecule has 0 amide bonds. The van der Waals surface area contributed by atoms with Gasteiger partial charge in [0.05, 0.1) is 11.4 Å². The minimum absolute atomic E-state index is 0. The Labute approximate surface area is 186 Å². The van der Waals surface area contributed by atoms with Crippen LogP contribution in [-0.2, 0) is 20.0 Å². The number of nitrogens with zero attached hydrogens (tertiary/aromatic N) is 5. The first kappa shape index (κ1) is 24.5. The molecule has 7 nitrogen and oxygen atoms in total. The highest BCUT2D eigenvalue weighted by Crippen LogP contribution is 2.14. The van der Waals surface area contributed by atoms with E-state index < -0.39 is 0 Å². The maximum Gasteiger partial charge on any atom is 0.191 e. The lowest BCUT2D eigenvalue weighted by molar-refractivity contribution is 0.435. The Hall–Kier alpha value is -1.58. The minimum Gasteiger partial charge on any atom is -0.356 e. The second-order valence-corrected chi connectivity index (χ2v) is 7.69. The highest BCUT2D eigenvalue weighted by Gasteiger charge is 2.14. The van der Waals surface area contributed by atoms with Crippen molar-refractivity contribution >= 4 is 29.9 Å². The molecule has 0 saturated carbocycles. The van der Waals surface area contributed by atoms with Crippen molar-refractivity contribution in [1.82, 2.24) is 30.2 Å². The van der Waals surface area contributed by atoms with Crippen molar-refractivity contribution in [3.63, 3.8) is 0 Å². The Morgan fingerprint density at radius 3 is 2.36 bits per heavy atom. The van der Waals surface area contributed by atoms with Gasteiger partial charge in [-0.1, -0.05) is 6.92 Å². The fraction of sp³-hybridized carbons (Fsp3) is 0.650. The van der Waals surface area contributed by atoms with E-state index in [9.17, 15) is 0 Å². The Kier molecular flexibility index (Phi) is 9.46. The summed E-state index contributed by atoms with van der Waals surface area (Å²) in [5.41, 5.74) is 5.91. The molecule has 0 bridgehead atoms. The van der Waals surface area contributed by atoms with Gasteiger partial charge >= 0.3 is 0 Å². The van der Waals surface area contributed by atoms with Crippen LogP contribution in [0.4, 0.5) is 0 Å². The van der Waals surface area contributed by atoms with E-state index in [1.165, 1.54) is 17.0 Å². The summed E-state index contributed by atoms with van der Waals surface area (Å²) < 4.78 is 4.03. The number of hydrogen-bond donors (Lipinski definition) is 2. The van der Waals surface area contributed by atoms with Gasteiger partial charge in [0.2, 0.25) is 0 Å². The average Bonchev–Trinajstić information content (AvgIpc) is 3.03. The Balaban J connectivity index is 0.00000392. The Morgan fingerprint density at radius 1 is 1.18 bits per heavy atom. The standard InChI is InChI=1S/C20H35N7.HI/c1-13(12-27-16(4)9-15(3)24-27)11-22-20(21-7)23-14(2)10-19-17(5)25-26(8)18(19)6;/h9,13-14H,10-12H2,1-8H3,(H2,21,22,23);1H. The monoisotopic (exact) mass is 501 g/mol. The SMILES string of the molecule is CN=C(NCC(C)Cn1nc(C)cc1C)NC(C)Cc1c(C)nn(C)c1C.I. The van der Waals surface area contributed by atoms with E-state index in [0.29, 0.717) is 5.92 Å². The van der Waals surface area contributed by atoms with Crippen molar-refractivity contribution in [3.8, 4) is 0 Å². The van der Waals surface area contributed by atoms with Gasteiger partial charge in [-0.2, -0.15) is 10.2 Å². The van der Waals surface area contributed by atoms with Gasteiger partial charge in [-0.3, -0.25) is 14.4 Å². The molecule has 2 atom stereocenters. The van der Waals surface area contributed by atoms with Crippen LogP contribution in [0.2, 0.25) is 0 Å². The molecule has 2 aromatic rings. The lowest BCUT2D eigenvalue weighted by atomic mass is 10.1.